The first-order valence-electron chi connectivity index (χ1n) is 9.84. The summed E-state index contributed by atoms with van der Waals surface area (Å²) in [6.45, 7) is 4.43. The molecule has 3 rings (SSSR count). The van der Waals surface area contributed by atoms with Crippen LogP contribution in [0.2, 0.25) is 0 Å². The molecule has 0 aromatic heterocycles. The second-order valence-corrected chi connectivity index (χ2v) is 6.87. The summed E-state index contributed by atoms with van der Waals surface area (Å²) in [4.78, 5) is 6.69. The Morgan fingerprint density at radius 2 is 1.79 bits per heavy atom. The van der Waals surface area contributed by atoms with E-state index in [0.717, 1.165) is 35.9 Å². The predicted molar refractivity (Wildman–Crippen MR) is 113 cm³/mol. The van der Waals surface area contributed by atoms with Crippen LogP contribution in [0.15, 0.2) is 53.5 Å². The van der Waals surface area contributed by atoms with E-state index in [-0.39, 0.29) is 11.9 Å². The summed E-state index contributed by atoms with van der Waals surface area (Å²) in [5.74, 6) is 1.34. The summed E-state index contributed by atoms with van der Waals surface area (Å²) in [6.07, 6.45) is 0. The average Bonchev–Trinajstić information content (AvgIpc) is 2.78. The molecule has 1 aliphatic rings. The molecule has 2 N–H and O–H groups in total. The van der Waals surface area contributed by atoms with E-state index < -0.39 is 0 Å². The van der Waals surface area contributed by atoms with Crippen LogP contribution in [-0.2, 0) is 11.3 Å². The van der Waals surface area contributed by atoms with Crippen molar-refractivity contribution in [3.8, 4) is 5.75 Å². The smallest absolute Gasteiger partial charge is 0.191 e. The highest BCUT2D eigenvalue weighted by Gasteiger charge is 2.23. The molecule has 1 aliphatic heterocycles. The monoisotopic (exact) mass is 400 g/mol. The van der Waals surface area contributed by atoms with Gasteiger partial charge in [0.1, 0.15) is 11.6 Å². The van der Waals surface area contributed by atoms with Gasteiger partial charge in [0.2, 0.25) is 0 Å². The highest BCUT2D eigenvalue weighted by molar-refractivity contribution is 5.79. The van der Waals surface area contributed by atoms with E-state index in [2.05, 4.69) is 20.5 Å². The maximum absolute atomic E-state index is 13.4. The first-order valence-corrected chi connectivity index (χ1v) is 9.84. The van der Waals surface area contributed by atoms with Crippen molar-refractivity contribution in [3.05, 3.63) is 65.5 Å². The molecule has 0 bridgehead atoms. The first kappa shape index (κ1) is 21.1. The molecule has 1 atom stereocenters. The third-order valence-corrected chi connectivity index (χ3v) is 5.05. The minimum Gasteiger partial charge on any atom is -0.497 e. The Balaban J connectivity index is 1.60. The van der Waals surface area contributed by atoms with Crippen LogP contribution < -0.4 is 15.4 Å². The first-order chi connectivity index (χ1) is 14.2. The van der Waals surface area contributed by atoms with Crippen LogP contribution in [0.1, 0.15) is 17.2 Å². The quantitative estimate of drug-likeness (QED) is 0.553. The summed E-state index contributed by atoms with van der Waals surface area (Å²) >= 11 is 0. The fourth-order valence-electron chi connectivity index (χ4n) is 3.37. The zero-order chi connectivity index (χ0) is 20.5. The number of morpholine rings is 1. The molecule has 2 aromatic rings. The molecule has 0 amide bonds. The van der Waals surface area contributed by atoms with Crippen molar-refractivity contribution in [3.63, 3.8) is 0 Å². The molecule has 1 saturated heterocycles. The molecular weight excluding hydrogens is 371 g/mol. The Morgan fingerprint density at radius 3 is 2.41 bits per heavy atom. The molecule has 29 heavy (non-hydrogen) atoms. The highest BCUT2D eigenvalue weighted by atomic mass is 19.1. The van der Waals surface area contributed by atoms with Gasteiger partial charge in [0, 0.05) is 33.2 Å². The largest absolute Gasteiger partial charge is 0.497 e. The van der Waals surface area contributed by atoms with Crippen LogP contribution in [0.4, 0.5) is 4.39 Å². The molecule has 1 fully saturated rings. The van der Waals surface area contributed by atoms with Crippen molar-refractivity contribution < 1.29 is 13.9 Å². The zero-order valence-corrected chi connectivity index (χ0v) is 17.0. The van der Waals surface area contributed by atoms with Gasteiger partial charge in [-0.15, -0.1) is 0 Å². The van der Waals surface area contributed by atoms with Crippen molar-refractivity contribution in [2.45, 2.75) is 12.6 Å². The van der Waals surface area contributed by atoms with Gasteiger partial charge < -0.3 is 20.1 Å². The van der Waals surface area contributed by atoms with Crippen molar-refractivity contribution in [2.24, 2.45) is 4.99 Å². The lowest BCUT2D eigenvalue weighted by molar-refractivity contribution is 0.0170. The Bertz CT molecular complexity index is 774. The second kappa shape index (κ2) is 10.8. The second-order valence-electron chi connectivity index (χ2n) is 6.87. The van der Waals surface area contributed by atoms with Gasteiger partial charge in [-0.2, -0.15) is 0 Å². The van der Waals surface area contributed by atoms with Crippen LogP contribution in [0.3, 0.4) is 0 Å². The summed E-state index contributed by atoms with van der Waals surface area (Å²) < 4.78 is 24.1. The van der Waals surface area contributed by atoms with E-state index >= 15 is 0 Å². The number of halogens is 1. The van der Waals surface area contributed by atoms with Crippen LogP contribution >= 0.6 is 0 Å². The Morgan fingerprint density at radius 1 is 1.10 bits per heavy atom. The number of hydrogen-bond acceptors (Lipinski definition) is 4. The average molecular weight is 400 g/mol. The van der Waals surface area contributed by atoms with Gasteiger partial charge in [0.05, 0.1) is 26.4 Å². The number of benzene rings is 2. The lowest BCUT2D eigenvalue weighted by Crippen LogP contribution is -2.46. The fraction of sp³-hybridized carbons (Fsp3) is 0.409. The van der Waals surface area contributed by atoms with Gasteiger partial charge in [0.15, 0.2) is 5.96 Å². The molecule has 0 radical (unpaired) electrons. The van der Waals surface area contributed by atoms with E-state index in [1.54, 1.807) is 14.2 Å². The van der Waals surface area contributed by atoms with Crippen molar-refractivity contribution in [1.29, 1.82) is 0 Å². The molecular formula is C22H29FN4O2. The van der Waals surface area contributed by atoms with Gasteiger partial charge in [-0.3, -0.25) is 9.89 Å². The third kappa shape index (κ3) is 6.17. The summed E-state index contributed by atoms with van der Waals surface area (Å²) in [6, 6.07) is 14.8. The Kier molecular flexibility index (Phi) is 7.84. The molecule has 0 saturated carbocycles. The predicted octanol–water partition coefficient (Wildman–Crippen LogP) is 2.57. The molecule has 156 valence electrons. The lowest BCUT2D eigenvalue weighted by atomic mass is 10.0. The summed E-state index contributed by atoms with van der Waals surface area (Å²) in [5, 5.41) is 6.75. The maximum atomic E-state index is 13.4. The van der Waals surface area contributed by atoms with E-state index in [1.807, 2.05) is 36.4 Å². The number of aliphatic imine (C=N–C) groups is 1. The number of ether oxygens (including phenoxy) is 2. The van der Waals surface area contributed by atoms with Gasteiger partial charge in [-0.25, -0.2) is 4.39 Å². The van der Waals surface area contributed by atoms with Gasteiger partial charge >= 0.3 is 0 Å². The van der Waals surface area contributed by atoms with E-state index in [4.69, 9.17) is 9.47 Å². The van der Waals surface area contributed by atoms with E-state index in [1.165, 1.54) is 12.1 Å². The van der Waals surface area contributed by atoms with Gasteiger partial charge in [-0.1, -0.05) is 24.3 Å². The van der Waals surface area contributed by atoms with Crippen molar-refractivity contribution in [2.75, 3.05) is 47.0 Å². The fourth-order valence-corrected chi connectivity index (χ4v) is 3.37. The Hall–Kier alpha value is -2.64. The van der Waals surface area contributed by atoms with E-state index in [0.29, 0.717) is 26.3 Å². The van der Waals surface area contributed by atoms with Gasteiger partial charge in [-0.05, 0) is 35.4 Å². The SMILES string of the molecule is CN=C(NCc1ccc(OC)cc1)NCC(c1ccc(F)cc1)N1CCOCC1. The molecule has 1 unspecified atom stereocenters. The standard InChI is InChI=1S/C22H29FN4O2/c1-24-22(25-15-17-3-9-20(28-2)10-4-17)26-16-21(27-11-13-29-14-12-27)18-5-7-19(23)8-6-18/h3-10,21H,11-16H2,1-2H3,(H2,24,25,26). The number of guanidine groups is 1. The molecule has 0 spiro atoms. The minimum absolute atomic E-state index is 0.110. The van der Waals surface area contributed by atoms with Crippen LogP contribution in [0.5, 0.6) is 5.75 Å². The normalized spacial score (nSPS) is 16.3. The Labute approximate surface area is 171 Å². The zero-order valence-electron chi connectivity index (χ0n) is 17.0. The van der Waals surface area contributed by atoms with Crippen LogP contribution in [0, 0.1) is 5.82 Å². The van der Waals surface area contributed by atoms with E-state index in [9.17, 15) is 4.39 Å². The molecule has 6 nitrogen and oxygen atoms in total. The minimum atomic E-state index is -0.223. The lowest BCUT2D eigenvalue weighted by Gasteiger charge is -2.35. The van der Waals surface area contributed by atoms with Gasteiger partial charge in [0.25, 0.3) is 0 Å². The topological polar surface area (TPSA) is 58.1 Å². The number of rotatable bonds is 7. The summed E-state index contributed by atoms with van der Waals surface area (Å²) in [7, 11) is 3.41. The number of nitrogens with one attached hydrogen (secondary N) is 2. The number of methoxy groups -OCH3 is 1. The van der Waals surface area contributed by atoms with Crippen LogP contribution in [-0.4, -0.2) is 57.9 Å². The summed E-state index contributed by atoms with van der Waals surface area (Å²) in [5.41, 5.74) is 2.21. The number of nitrogens with zero attached hydrogens (tertiary/aromatic N) is 2. The molecule has 7 heteroatoms. The van der Waals surface area contributed by atoms with Crippen LogP contribution in [0.25, 0.3) is 0 Å². The molecule has 2 aromatic carbocycles. The van der Waals surface area contributed by atoms with Crippen molar-refractivity contribution in [1.82, 2.24) is 15.5 Å². The number of hydrogen-bond donors (Lipinski definition) is 2. The molecule has 0 aliphatic carbocycles. The highest BCUT2D eigenvalue weighted by Crippen LogP contribution is 2.21. The third-order valence-electron chi connectivity index (χ3n) is 5.05. The maximum Gasteiger partial charge on any atom is 0.191 e. The molecule has 1 heterocycles. The van der Waals surface area contributed by atoms with Crippen molar-refractivity contribution >= 4 is 5.96 Å².